The molecule has 0 amide bonds. The van der Waals surface area contributed by atoms with E-state index in [1.165, 1.54) is 70.3 Å². The molecule has 0 atom stereocenters. The average Bonchev–Trinajstić information content (AvgIpc) is 2.96. The predicted octanol–water partition coefficient (Wildman–Crippen LogP) is 9.70. The first kappa shape index (κ1) is 30.5. The number of halogens is 1. The molecule has 0 spiro atoms. The fourth-order valence-electron chi connectivity index (χ4n) is 4.73. The maximum atomic E-state index is 14.6. The van der Waals surface area contributed by atoms with E-state index in [-0.39, 0.29) is 5.75 Å². The Morgan fingerprint density at radius 3 is 1.79 bits per heavy atom. The zero-order valence-electron chi connectivity index (χ0n) is 23.9. The molecule has 0 fully saturated rings. The van der Waals surface area contributed by atoms with Crippen molar-refractivity contribution in [1.82, 2.24) is 9.97 Å². The second kappa shape index (κ2) is 17.5. The summed E-state index contributed by atoms with van der Waals surface area (Å²) in [6.45, 7) is 4.44. The third kappa shape index (κ3) is 10.9. The van der Waals surface area contributed by atoms with Gasteiger partial charge in [-0.3, -0.25) is 0 Å². The summed E-state index contributed by atoms with van der Waals surface area (Å²) in [7, 11) is 0. The fraction of sp³-hybridized carbons (Fsp3) is 0.500. The average molecular weight is 533 g/mol. The number of rotatable bonds is 18. The fourth-order valence-corrected chi connectivity index (χ4v) is 4.73. The number of nitrogens with zero attached hydrogens (tertiary/aromatic N) is 2. The lowest BCUT2D eigenvalue weighted by atomic mass is 10.1. The highest BCUT2D eigenvalue weighted by Crippen LogP contribution is 2.22. The molecule has 0 N–H and O–H groups in total. The summed E-state index contributed by atoms with van der Waals surface area (Å²) >= 11 is 0. The minimum Gasteiger partial charge on any atom is -0.420 e. The summed E-state index contributed by atoms with van der Waals surface area (Å²) in [5.41, 5.74) is 3.25. The molecule has 3 rings (SSSR count). The molecule has 0 aliphatic rings. The topological polar surface area (TPSA) is 52.1 Å². The van der Waals surface area contributed by atoms with Crippen molar-refractivity contribution in [1.29, 1.82) is 0 Å². The Hall–Kier alpha value is -3.08. The van der Waals surface area contributed by atoms with E-state index in [0.717, 1.165) is 48.8 Å². The molecule has 1 heterocycles. The Kier molecular flexibility index (Phi) is 13.7. The lowest BCUT2D eigenvalue weighted by molar-refractivity contribution is 0.0728. The second-order valence-corrected chi connectivity index (χ2v) is 10.5. The summed E-state index contributed by atoms with van der Waals surface area (Å²) in [5, 5.41) is 0. The maximum absolute atomic E-state index is 14.6. The lowest BCUT2D eigenvalue weighted by Gasteiger charge is -2.08. The van der Waals surface area contributed by atoms with Gasteiger partial charge in [0.05, 0.1) is 5.56 Å². The van der Waals surface area contributed by atoms with E-state index in [9.17, 15) is 9.18 Å². The molecule has 0 radical (unpaired) electrons. The number of hydrogen-bond acceptors (Lipinski definition) is 4. The van der Waals surface area contributed by atoms with E-state index >= 15 is 0 Å². The van der Waals surface area contributed by atoms with Crippen LogP contribution in [0.25, 0.3) is 11.4 Å². The van der Waals surface area contributed by atoms with Gasteiger partial charge in [0.1, 0.15) is 0 Å². The van der Waals surface area contributed by atoms with Crippen LogP contribution in [0, 0.1) is 5.82 Å². The van der Waals surface area contributed by atoms with Crippen molar-refractivity contribution in [3.63, 3.8) is 0 Å². The Labute approximate surface area is 234 Å². The van der Waals surface area contributed by atoms with Crippen molar-refractivity contribution in [3.05, 3.63) is 77.4 Å². The van der Waals surface area contributed by atoms with Crippen molar-refractivity contribution in [2.24, 2.45) is 0 Å². The molecule has 4 nitrogen and oxygen atoms in total. The molecule has 1 aromatic heterocycles. The van der Waals surface area contributed by atoms with E-state index in [0.29, 0.717) is 11.4 Å². The van der Waals surface area contributed by atoms with Gasteiger partial charge in [0.25, 0.3) is 0 Å². The Morgan fingerprint density at radius 2 is 1.23 bits per heavy atom. The standard InChI is InChI=1S/C34H45FN2O2/c1-3-5-7-9-10-11-13-15-17-28-25-36-33(37-26-28)29-19-21-30(22-20-29)34(38)39-32-23-18-27(24-31(32)35)16-14-12-8-6-4-2/h18-26H,3-17H2,1-2H3. The second-order valence-electron chi connectivity index (χ2n) is 10.5. The van der Waals surface area contributed by atoms with Crippen LogP contribution in [0.1, 0.15) is 119 Å². The predicted molar refractivity (Wildman–Crippen MR) is 158 cm³/mol. The molecule has 0 saturated carbocycles. The van der Waals surface area contributed by atoms with Crippen LogP contribution in [0.2, 0.25) is 0 Å². The van der Waals surface area contributed by atoms with Gasteiger partial charge in [0.15, 0.2) is 17.4 Å². The third-order valence-corrected chi connectivity index (χ3v) is 7.17. The Balaban J connectivity index is 1.44. The van der Waals surface area contributed by atoms with Gasteiger partial charge in [-0.05, 0) is 61.1 Å². The van der Waals surface area contributed by atoms with E-state index in [1.54, 1.807) is 30.3 Å². The molecule has 0 saturated heterocycles. The summed E-state index contributed by atoms with van der Waals surface area (Å²) < 4.78 is 19.9. The molecule has 39 heavy (non-hydrogen) atoms. The van der Waals surface area contributed by atoms with Gasteiger partial charge >= 0.3 is 5.97 Å². The Bertz CT molecular complexity index is 1110. The van der Waals surface area contributed by atoms with Gasteiger partial charge in [-0.15, -0.1) is 0 Å². The molecular weight excluding hydrogens is 487 g/mol. The highest BCUT2D eigenvalue weighted by molar-refractivity contribution is 5.91. The summed E-state index contributed by atoms with van der Waals surface area (Å²) in [6.07, 6.45) is 21.9. The lowest BCUT2D eigenvalue weighted by Crippen LogP contribution is -2.09. The number of benzene rings is 2. The van der Waals surface area contributed by atoms with Crippen LogP contribution >= 0.6 is 0 Å². The summed E-state index contributed by atoms with van der Waals surface area (Å²) in [5.74, 6) is -0.527. The van der Waals surface area contributed by atoms with Crippen LogP contribution in [-0.4, -0.2) is 15.9 Å². The van der Waals surface area contributed by atoms with E-state index in [2.05, 4.69) is 23.8 Å². The van der Waals surface area contributed by atoms with Crippen LogP contribution in [0.3, 0.4) is 0 Å². The van der Waals surface area contributed by atoms with Crippen LogP contribution in [0.5, 0.6) is 5.75 Å². The van der Waals surface area contributed by atoms with Gasteiger partial charge in [-0.25, -0.2) is 19.2 Å². The number of carbonyl (C=O) groups is 1. The normalized spacial score (nSPS) is 11.1. The monoisotopic (exact) mass is 532 g/mol. The van der Waals surface area contributed by atoms with Crippen LogP contribution < -0.4 is 4.74 Å². The van der Waals surface area contributed by atoms with Crippen molar-refractivity contribution in [3.8, 4) is 17.1 Å². The number of hydrogen-bond donors (Lipinski definition) is 0. The highest BCUT2D eigenvalue weighted by Gasteiger charge is 2.13. The van der Waals surface area contributed by atoms with Crippen molar-refractivity contribution in [2.45, 2.75) is 110 Å². The van der Waals surface area contributed by atoms with E-state index < -0.39 is 11.8 Å². The van der Waals surface area contributed by atoms with E-state index in [4.69, 9.17) is 4.74 Å². The molecular formula is C34H45FN2O2. The first-order valence-electron chi connectivity index (χ1n) is 15.0. The molecule has 0 unspecified atom stereocenters. The van der Waals surface area contributed by atoms with Crippen LogP contribution in [0.15, 0.2) is 54.9 Å². The molecule has 2 aromatic carbocycles. The summed E-state index contributed by atoms with van der Waals surface area (Å²) in [6, 6.07) is 11.8. The quantitative estimate of drug-likeness (QED) is 0.0929. The van der Waals surface area contributed by atoms with Crippen molar-refractivity contribution >= 4 is 5.97 Å². The zero-order valence-corrected chi connectivity index (χ0v) is 23.9. The van der Waals surface area contributed by atoms with Crippen molar-refractivity contribution < 1.29 is 13.9 Å². The first-order chi connectivity index (χ1) is 19.1. The molecule has 0 aliphatic carbocycles. The Morgan fingerprint density at radius 1 is 0.692 bits per heavy atom. The minimum absolute atomic E-state index is 0.0470. The molecule has 0 bridgehead atoms. The number of ether oxygens (including phenoxy) is 1. The number of aryl methyl sites for hydroxylation is 2. The van der Waals surface area contributed by atoms with Gasteiger partial charge in [0, 0.05) is 18.0 Å². The molecule has 5 heteroatoms. The smallest absolute Gasteiger partial charge is 0.343 e. The molecule has 210 valence electrons. The van der Waals surface area contributed by atoms with Gasteiger partial charge in [-0.2, -0.15) is 0 Å². The molecule has 3 aromatic rings. The molecule has 0 aliphatic heterocycles. The van der Waals surface area contributed by atoms with Gasteiger partial charge < -0.3 is 4.74 Å². The van der Waals surface area contributed by atoms with Gasteiger partial charge in [-0.1, -0.05) is 103 Å². The number of unbranched alkanes of at least 4 members (excludes halogenated alkanes) is 11. The maximum Gasteiger partial charge on any atom is 0.343 e. The summed E-state index contributed by atoms with van der Waals surface area (Å²) in [4.78, 5) is 21.6. The van der Waals surface area contributed by atoms with Crippen LogP contribution in [-0.2, 0) is 12.8 Å². The SMILES string of the molecule is CCCCCCCCCCc1cnc(-c2ccc(C(=O)Oc3ccc(CCCCCCC)cc3F)cc2)nc1. The number of esters is 1. The number of aromatic nitrogens is 2. The van der Waals surface area contributed by atoms with Crippen molar-refractivity contribution in [2.75, 3.05) is 0 Å². The minimum atomic E-state index is -0.589. The van der Waals surface area contributed by atoms with E-state index in [1.807, 2.05) is 18.5 Å². The largest absolute Gasteiger partial charge is 0.420 e. The van der Waals surface area contributed by atoms with Gasteiger partial charge in [0.2, 0.25) is 0 Å². The highest BCUT2D eigenvalue weighted by atomic mass is 19.1. The van der Waals surface area contributed by atoms with Crippen LogP contribution in [0.4, 0.5) is 4.39 Å². The zero-order chi connectivity index (χ0) is 27.7. The first-order valence-corrected chi connectivity index (χ1v) is 15.0. The third-order valence-electron chi connectivity index (χ3n) is 7.17. The number of carbonyl (C=O) groups excluding carboxylic acids is 1.